The fourth-order valence-corrected chi connectivity index (χ4v) is 1.43. The molecule has 4 nitrogen and oxygen atoms in total. The average molecular weight is 273 g/mol. The van der Waals surface area contributed by atoms with E-state index in [1.54, 1.807) is 30.3 Å². The van der Waals surface area contributed by atoms with E-state index in [0.29, 0.717) is 5.75 Å². The monoisotopic (exact) mass is 273 g/mol. The minimum atomic E-state index is -0.686. The van der Waals surface area contributed by atoms with Crippen molar-refractivity contribution in [2.75, 3.05) is 5.32 Å². The number of nitrogens with zero attached hydrogens (tertiary/aromatic N) is 2. The van der Waals surface area contributed by atoms with Gasteiger partial charge < -0.3 is 10.1 Å². The lowest BCUT2D eigenvalue weighted by molar-refractivity contribution is 0.547. The highest BCUT2D eigenvalue weighted by atomic mass is 19.1. The molecule has 0 aliphatic carbocycles. The van der Waals surface area contributed by atoms with Crippen LogP contribution < -0.4 is 10.1 Å². The second-order valence-corrected chi connectivity index (χ2v) is 3.68. The lowest BCUT2D eigenvalue weighted by Gasteiger charge is -2.10. The molecule has 20 heavy (non-hydrogen) atoms. The van der Waals surface area contributed by atoms with Crippen molar-refractivity contribution >= 4 is 11.7 Å². The Hall–Kier alpha value is -2.94. The smallest absolute Gasteiger partial charge is 0.310 e. The molecule has 0 fully saturated rings. The molecule has 0 heterocycles. The van der Waals surface area contributed by atoms with Gasteiger partial charge in [0, 0.05) is 6.07 Å². The third kappa shape index (κ3) is 3.53. The molecule has 0 aliphatic rings. The largest absolute Gasteiger partial charge is 0.425 e. The first kappa shape index (κ1) is 13.5. The molecule has 2 rings (SSSR count). The molecular weight excluding hydrogens is 264 g/mol. The van der Waals surface area contributed by atoms with Crippen LogP contribution in [0.1, 0.15) is 0 Å². The zero-order valence-electron chi connectivity index (χ0n) is 10.2. The number of halogens is 2. The van der Waals surface area contributed by atoms with Gasteiger partial charge in [0.05, 0.1) is 5.69 Å². The summed E-state index contributed by atoms with van der Waals surface area (Å²) in [5.41, 5.74) is -0.171. The van der Waals surface area contributed by atoms with E-state index < -0.39 is 11.6 Å². The van der Waals surface area contributed by atoms with Crippen LogP contribution >= 0.6 is 0 Å². The highest BCUT2D eigenvalue weighted by molar-refractivity contribution is 5.91. The number of hydrogen-bond acceptors (Lipinski definition) is 3. The van der Waals surface area contributed by atoms with Gasteiger partial charge in [0.1, 0.15) is 17.4 Å². The molecule has 0 radical (unpaired) electrons. The van der Waals surface area contributed by atoms with Crippen LogP contribution in [0.25, 0.3) is 0 Å². The van der Waals surface area contributed by atoms with E-state index in [9.17, 15) is 8.78 Å². The van der Waals surface area contributed by atoms with Gasteiger partial charge in [0.2, 0.25) is 6.19 Å². The highest BCUT2D eigenvalue weighted by Gasteiger charge is 2.09. The van der Waals surface area contributed by atoms with Crippen LogP contribution in [0.3, 0.4) is 0 Å². The minimum absolute atomic E-state index is 0.171. The number of benzene rings is 2. The summed E-state index contributed by atoms with van der Waals surface area (Å²) in [4.78, 5) is 3.39. The van der Waals surface area contributed by atoms with E-state index in [1.807, 2.05) is 0 Å². The Morgan fingerprint density at radius 2 is 1.90 bits per heavy atom. The number of aliphatic imine (C=N–C) groups is 1. The molecule has 2 aromatic carbocycles. The summed E-state index contributed by atoms with van der Waals surface area (Å²) >= 11 is 0. The third-order valence-electron chi connectivity index (χ3n) is 2.28. The quantitative estimate of drug-likeness (QED) is 0.519. The van der Waals surface area contributed by atoms with Crippen LogP contribution in [0, 0.1) is 23.1 Å². The van der Waals surface area contributed by atoms with E-state index in [4.69, 9.17) is 10.00 Å². The van der Waals surface area contributed by atoms with Gasteiger partial charge in [0.25, 0.3) is 0 Å². The van der Waals surface area contributed by atoms with Gasteiger partial charge in [0.15, 0.2) is 0 Å². The van der Waals surface area contributed by atoms with Gasteiger partial charge in [-0.25, -0.2) is 8.78 Å². The van der Waals surface area contributed by atoms with Gasteiger partial charge >= 0.3 is 6.02 Å². The Labute approximate surface area is 114 Å². The molecule has 0 bridgehead atoms. The van der Waals surface area contributed by atoms with Crippen molar-refractivity contribution in [3.63, 3.8) is 0 Å². The predicted octanol–water partition coefficient (Wildman–Crippen LogP) is 3.29. The summed E-state index contributed by atoms with van der Waals surface area (Å²) in [5, 5.41) is 11.0. The number of amidine groups is 1. The van der Waals surface area contributed by atoms with E-state index in [2.05, 4.69) is 10.3 Å². The maximum atomic E-state index is 13.5. The Morgan fingerprint density at radius 3 is 2.60 bits per heavy atom. The standard InChI is InChI=1S/C14H9F2N3O/c15-10-6-7-12(16)13(8-10)19-14(18-9-17)20-11-4-2-1-3-5-11/h1-8H,(H,18,19). The molecule has 2 aromatic rings. The summed E-state index contributed by atoms with van der Waals surface area (Å²) in [6.07, 6.45) is 1.53. The molecule has 0 aliphatic heterocycles. The van der Waals surface area contributed by atoms with Crippen molar-refractivity contribution < 1.29 is 13.5 Å². The molecule has 0 atom stereocenters. The minimum Gasteiger partial charge on any atom is -0.425 e. The number of hydrogen-bond donors (Lipinski definition) is 1. The van der Waals surface area contributed by atoms with Crippen molar-refractivity contribution in [3.05, 3.63) is 60.2 Å². The second kappa shape index (κ2) is 6.29. The van der Waals surface area contributed by atoms with Crippen molar-refractivity contribution in [2.45, 2.75) is 0 Å². The molecular formula is C14H9F2N3O. The Kier molecular flexibility index (Phi) is 4.24. The molecule has 0 saturated carbocycles. The molecule has 1 N–H and O–H groups in total. The van der Waals surface area contributed by atoms with Crippen molar-refractivity contribution in [1.29, 1.82) is 5.26 Å². The lowest BCUT2D eigenvalue weighted by atomic mass is 10.3. The Morgan fingerprint density at radius 1 is 1.15 bits per heavy atom. The summed E-state index contributed by atoms with van der Waals surface area (Å²) in [6, 6.07) is 11.1. The first-order valence-electron chi connectivity index (χ1n) is 5.61. The molecule has 100 valence electrons. The van der Waals surface area contributed by atoms with E-state index in [-0.39, 0.29) is 11.7 Å². The summed E-state index contributed by atoms with van der Waals surface area (Å²) in [5.74, 6) is -0.899. The van der Waals surface area contributed by atoms with Crippen molar-refractivity contribution in [1.82, 2.24) is 0 Å². The van der Waals surface area contributed by atoms with Crippen LogP contribution in [-0.2, 0) is 0 Å². The normalized spacial score (nSPS) is 10.8. The average Bonchev–Trinajstić information content (AvgIpc) is 2.44. The Bertz CT molecular complexity index is 666. The number of nitriles is 1. The number of nitrogens with one attached hydrogen (secondary N) is 1. The van der Waals surface area contributed by atoms with Gasteiger partial charge in [-0.2, -0.15) is 5.26 Å². The first-order chi connectivity index (χ1) is 9.69. The maximum Gasteiger partial charge on any atom is 0.310 e. The van der Waals surface area contributed by atoms with Crippen LogP contribution in [-0.4, -0.2) is 6.02 Å². The van der Waals surface area contributed by atoms with Gasteiger partial charge in [-0.05, 0) is 24.3 Å². The highest BCUT2D eigenvalue weighted by Crippen LogP contribution is 2.16. The lowest BCUT2D eigenvalue weighted by Crippen LogP contribution is -2.20. The van der Waals surface area contributed by atoms with Crippen molar-refractivity contribution in [2.24, 2.45) is 4.99 Å². The third-order valence-corrected chi connectivity index (χ3v) is 2.28. The zero-order valence-corrected chi connectivity index (χ0v) is 10.2. The number of para-hydroxylation sites is 1. The van der Waals surface area contributed by atoms with Crippen LogP contribution in [0.2, 0.25) is 0 Å². The van der Waals surface area contributed by atoms with Gasteiger partial charge in [-0.3, -0.25) is 0 Å². The maximum absolute atomic E-state index is 13.5. The second-order valence-electron chi connectivity index (χ2n) is 3.68. The van der Waals surface area contributed by atoms with Gasteiger partial charge in [-0.15, -0.1) is 4.99 Å². The predicted molar refractivity (Wildman–Crippen MR) is 70.1 cm³/mol. The summed E-state index contributed by atoms with van der Waals surface area (Å²) in [6.45, 7) is 0. The number of ether oxygens (including phenoxy) is 1. The van der Waals surface area contributed by atoms with Crippen molar-refractivity contribution in [3.8, 4) is 11.9 Å². The molecule has 0 amide bonds. The molecule has 0 aromatic heterocycles. The molecule has 0 saturated heterocycles. The first-order valence-corrected chi connectivity index (χ1v) is 5.61. The zero-order chi connectivity index (χ0) is 14.4. The van der Waals surface area contributed by atoms with E-state index >= 15 is 0 Å². The molecule has 0 unspecified atom stereocenters. The number of anilines is 1. The van der Waals surface area contributed by atoms with Crippen LogP contribution in [0.5, 0.6) is 5.75 Å². The topological polar surface area (TPSA) is 57.4 Å². The van der Waals surface area contributed by atoms with Crippen LogP contribution in [0.4, 0.5) is 14.5 Å². The number of rotatable bonds is 2. The van der Waals surface area contributed by atoms with E-state index in [1.165, 1.54) is 6.19 Å². The molecule has 6 heteroatoms. The molecule has 0 spiro atoms. The van der Waals surface area contributed by atoms with Gasteiger partial charge in [-0.1, -0.05) is 18.2 Å². The van der Waals surface area contributed by atoms with Crippen LogP contribution in [0.15, 0.2) is 53.5 Å². The SMILES string of the molecule is N#C/N=C(/Nc1cc(F)ccc1F)Oc1ccccc1. The summed E-state index contributed by atoms with van der Waals surface area (Å²) in [7, 11) is 0. The summed E-state index contributed by atoms with van der Waals surface area (Å²) < 4.78 is 31.8. The fourth-order valence-electron chi connectivity index (χ4n) is 1.43. The fraction of sp³-hybridized carbons (Fsp3) is 0. The van der Waals surface area contributed by atoms with E-state index in [0.717, 1.165) is 18.2 Å². The Balaban J connectivity index is 2.21.